The van der Waals surface area contributed by atoms with E-state index in [2.05, 4.69) is 0 Å². The van der Waals surface area contributed by atoms with E-state index in [0.29, 0.717) is 0 Å². The summed E-state index contributed by atoms with van der Waals surface area (Å²) < 4.78 is 46.7. The summed E-state index contributed by atoms with van der Waals surface area (Å²) in [5.41, 5.74) is 0.935. The normalized spacial score (nSPS) is 33.4. The molecule has 2 fully saturated rings. The molecule has 8 heteroatoms. The molecule has 0 aliphatic carbocycles. The van der Waals surface area contributed by atoms with Gasteiger partial charge in [-0.2, -0.15) is 8.42 Å². The number of fused-ring (bicyclic) bond motifs is 1. The third-order valence-electron chi connectivity index (χ3n) is 3.77. The van der Waals surface area contributed by atoms with Crippen LogP contribution in [0.25, 0.3) is 0 Å². The van der Waals surface area contributed by atoms with E-state index in [1.165, 1.54) is 12.1 Å². The fraction of sp³-hybridized carbons (Fsp3) is 0.600. The number of aliphatic hydroxyl groups excluding tert-OH is 1. The third-order valence-corrected chi connectivity index (χ3v) is 5.09. The van der Waals surface area contributed by atoms with E-state index in [1.807, 2.05) is 6.92 Å². The molecule has 0 radical (unpaired) electrons. The highest BCUT2D eigenvalue weighted by molar-refractivity contribution is 7.86. The predicted octanol–water partition coefficient (Wildman–Crippen LogP) is 0.938. The second kappa shape index (κ2) is 5.80. The molecule has 2 heterocycles. The van der Waals surface area contributed by atoms with Crippen LogP contribution >= 0.6 is 0 Å². The van der Waals surface area contributed by atoms with Crippen LogP contribution in [-0.4, -0.2) is 50.5 Å². The number of ether oxygens (including phenoxy) is 3. The van der Waals surface area contributed by atoms with Crippen LogP contribution in [0.1, 0.15) is 19.4 Å². The summed E-state index contributed by atoms with van der Waals surface area (Å²) >= 11 is 0. The predicted molar refractivity (Wildman–Crippen MR) is 79.0 cm³/mol. The molecule has 0 saturated carbocycles. The number of rotatable bonds is 3. The van der Waals surface area contributed by atoms with E-state index in [4.69, 9.17) is 18.4 Å². The lowest BCUT2D eigenvalue weighted by molar-refractivity contribution is -0.213. The van der Waals surface area contributed by atoms with Crippen LogP contribution in [0.15, 0.2) is 29.2 Å². The second-order valence-corrected chi connectivity index (χ2v) is 7.77. The average molecular weight is 344 g/mol. The van der Waals surface area contributed by atoms with Crippen molar-refractivity contribution in [3.63, 3.8) is 0 Å². The van der Waals surface area contributed by atoms with Crippen molar-refractivity contribution < 1.29 is 31.9 Å². The molecule has 0 bridgehead atoms. The minimum absolute atomic E-state index is 0.0246. The van der Waals surface area contributed by atoms with Crippen LogP contribution in [0, 0.1) is 6.92 Å². The van der Waals surface area contributed by atoms with Crippen molar-refractivity contribution in [3.8, 4) is 0 Å². The molecule has 1 aromatic carbocycles. The lowest BCUT2D eigenvalue weighted by atomic mass is 10.1. The number of benzene rings is 1. The SMILES string of the molecule is Cc1ccc(S(=O)(=O)O[C@H]2[C@H]3OC(C)(C)O[C@@H]3OC[C@H]2O)cc1. The Hall–Kier alpha value is -1.03. The molecule has 0 spiro atoms. The molecule has 1 N–H and O–H groups in total. The maximum absolute atomic E-state index is 12.4. The van der Waals surface area contributed by atoms with E-state index in [-0.39, 0.29) is 11.5 Å². The molecule has 7 nitrogen and oxygen atoms in total. The molecule has 128 valence electrons. The molecule has 3 rings (SSSR count). The van der Waals surface area contributed by atoms with Crippen LogP contribution in [0.3, 0.4) is 0 Å². The monoisotopic (exact) mass is 344 g/mol. The van der Waals surface area contributed by atoms with Crippen molar-refractivity contribution in [1.82, 2.24) is 0 Å². The van der Waals surface area contributed by atoms with Gasteiger partial charge in [-0.3, -0.25) is 4.18 Å². The van der Waals surface area contributed by atoms with Gasteiger partial charge in [0.25, 0.3) is 10.1 Å². The Balaban J connectivity index is 1.83. The lowest BCUT2D eigenvalue weighted by Crippen LogP contribution is -2.53. The maximum atomic E-state index is 12.4. The summed E-state index contributed by atoms with van der Waals surface area (Å²) in [4.78, 5) is 0.0246. The molecule has 2 saturated heterocycles. The lowest BCUT2D eigenvalue weighted by Gasteiger charge is -2.34. The Morgan fingerprint density at radius 2 is 1.87 bits per heavy atom. The van der Waals surface area contributed by atoms with Crippen molar-refractivity contribution in [3.05, 3.63) is 29.8 Å². The topological polar surface area (TPSA) is 91.3 Å². The molecular formula is C15H20O7S. The number of aryl methyl sites for hydroxylation is 1. The Bertz CT molecular complexity index is 668. The summed E-state index contributed by atoms with van der Waals surface area (Å²) in [7, 11) is -4.04. The molecule has 0 unspecified atom stereocenters. The first kappa shape index (κ1) is 16.8. The van der Waals surface area contributed by atoms with Gasteiger partial charge < -0.3 is 19.3 Å². The summed E-state index contributed by atoms with van der Waals surface area (Å²) in [6.07, 6.45) is -3.82. The Morgan fingerprint density at radius 1 is 1.22 bits per heavy atom. The summed E-state index contributed by atoms with van der Waals surface area (Å²) in [5.74, 6) is -0.936. The highest BCUT2D eigenvalue weighted by Crippen LogP contribution is 2.36. The number of hydrogen-bond donors (Lipinski definition) is 1. The standard InChI is InChI=1S/C15H20O7S/c1-9-4-6-10(7-5-9)23(17,18)22-12-11(16)8-19-14-13(12)20-15(2,3)21-14/h4-7,11-14,16H,8H2,1-3H3/t11-,12-,13-,14+/m1/s1. The van der Waals surface area contributed by atoms with Crippen molar-refractivity contribution >= 4 is 10.1 Å². The van der Waals surface area contributed by atoms with Gasteiger partial charge in [-0.15, -0.1) is 0 Å². The van der Waals surface area contributed by atoms with Gasteiger partial charge in [0.05, 0.1) is 11.5 Å². The highest BCUT2D eigenvalue weighted by atomic mass is 32.2. The van der Waals surface area contributed by atoms with Gasteiger partial charge in [0, 0.05) is 0 Å². The van der Waals surface area contributed by atoms with Crippen LogP contribution in [0.5, 0.6) is 0 Å². The summed E-state index contributed by atoms with van der Waals surface area (Å²) in [6.45, 7) is 5.14. The van der Waals surface area contributed by atoms with Crippen molar-refractivity contribution in [2.45, 2.75) is 56.1 Å². The fourth-order valence-corrected chi connectivity index (χ4v) is 3.75. The molecule has 0 aromatic heterocycles. The van der Waals surface area contributed by atoms with Gasteiger partial charge in [-0.25, -0.2) is 0 Å². The molecule has 23 heavy (non-hydrogen) atoms. The van der Waals surface area contributed by atoms with E-state index in [0.717, 1.165) is 5.56 Å². The second-order valence-electron chi connectivity index (χ2n) is 6.20. The van der Waals surface area contributed by atoms with Gasteiger partial charge in [-0.05, 0) is 32.9 Å². The molecule has 2 aliphatic heterocycles. The highest BCUT2D eigenvalue weighted by Gasteiger charge is 2.53. The zero-order chi connectivity index (χ0) is 16.8. The number of aliphatic hydroxyl groups is 1. The van der Waals surface area contributed by atoms with Crippen LogP contribution in [-0.2, 0) is 28.5 Å². The van der Waals surface area contributed by atoms with Gasteiger partial charge in [-0.1, -0.05) is 17.7 Å². The van der Waals surface area contributed by atoms with E-state index < -0.39 is 40.5 Å². The average Bonchev–Trinajstić information content (AvgIpc) is 2.77. The molecule has 4 atom stereocenters. The van der Waals surface area contributed by atoms with Gasteiger partial charge in [0.15, 0.2) is 12.1 Å². The summed E-state index contributed by atoms with van der Waals surface area (Å²) in [5, 5.41) is 10.1. The van der Waals surface area contributed by atoms with Gasteiger partial charge >= 0.3 is 0 Å². The first-order valence-corrected chi connectivity index (χ1v) is 8.74. The molecular weight excluding hydrogens is 324 g/mol. The van der Waals surface area contributed by atoms with Crippen LogP contribution < -0.4 is 0 Å². The Morgan fingerprint density at radius 3 is 2.52 bits per heavy atom. The number of hydrogen-bond acceptors (Lipinski definition) is 7. The zero-order valence-corrected chi connectivity index (χ0v) is 13.9. The van der Waals surface area contributed by atoms with Crippen molar-refractivity contribution in [1.29, 1.82) is 0 Å². The molecule has 2 aliphatic rings. The Labute approximate surface area is 135 Å². The summed E-state index contributed by atoms with van der Waals surface area (Å²) in [6, 6.07) is 6.28. The van der Waals surface area contributed by atoms with Gasteiger partial charge in [0.1, 0.15) is 18.3 Å². The van der Waals surface area contributed by atoms with E-state index >= 15 is 0 Å². The van der Waals surface area contributed by atoms with Crippen LogP contribution in [0.2, 0.25) is 0 Å². The largest absolute Gasteiger partial charge is 0.388 e. The fourth-order valence-electron chi connectivity index (χ4n) is 2.64. The van der Waals surface area contributed by atoms with Crippen LogP contribution in [0.4, 0.5) is 0 Å². The van der Waals surface area contributed by atoms with Crippen molar-refractivity contribution in [2.75, 3.05) is 6.61 Å². The minimum atomic E-state index is -4.04. The minimum Gasteiger partial charge on any atom is -0.388 e. The van der Waals surface area contributed by atoms with E-state index in [9.17, 15) is 13.5 Å². The first-order valence-electron chi connectivity index (χ1n) is 7.33. The first-order chi connectivity index (χ1) is 10.7. The quantitative estimate of drug-likeness (QED) is 0.816. The van der Waals surface area contributed by atoms with Gasteiger partial charge in [0.2, 0.25) is 0 Å². The Kier molecular flexibility index (Phi) is 4.24. The third kappa shape index (κ3) is 3.42. The zero-order valence-electron chi connectivity index (χ0n) is 13.1. The van der Waals surface area contributed by atoms with Crippen molar-refractivity contribution in [2.24, 2.45) is 0 Å². The smallest absolute Gasteiger partial charge is 0.297 e. The molecule has 1 aromatic rings. The maximum Gasteiger partial charge on any atom is 0.297 e. The van der Waals surface area contributed by atoms with E-state index in [1.54, 1.807) is 26.0 Å². The molecule has 0 amide bonds.